The maximum Gasteiger partial charge on any atom is 0.317 e. The molecule has 2 fully saturated rings. The first kappa shape index (κ1) is 11.3. The second-order valence-electron chi connectivity index (χ2n) is 4.12. The zero-order chi connectivity index (χ0) is 11.7. The van der Waals surface area contributed by atoms with E-state index in [-0.39, 0.29) is 31.2 Å². The third-order valence-corrected chi connectivity index (χ3v) is 2.91. The van der Waals surface area contributed by atoms with Gasteiger partial charge in [0.25, 0.3) is 0 Å². The molecule has 1 N–H and O–H groups in total. The van der Waals surface area contributed by atoms with E-state index in [0.717, 1.165) is 0 Å². The molecular formula is C11H14O5. The summed E-state index contributed by atoms with van der Waals surface area (Å²) < 4.78 is 9.85. The molecule has 2 aliphatic rings. The third-order valence-electron chi connectivity index (χ3n) is 2.91. The van der Waals surface area contributed by atoms with E-state index in [1.54, 1.807) is 6.08 Å². The summed E-state index contributed by atoms with van der Waals surface area (Å²) in [7, 11) is 0. The lowest BCUT2D eigenvalue weighted by Gasteiger charge is -2.07. The number of cyclic esters (lactones) is 1. The van der Waals surface area contributed by atoms with Crippen LogP contribution in [0.2, 0.25) is 0 Å². The number of hydrogen-bond donors (Lipinski definition) is 1. The third kappa shape index (κ3) is 2.15. The van der Waals surface area contributed by atoms with Crippen LogP contribution in [0.1, 0.15) is 6.92 Å². The van der Waals surface area contributed by atoms with Gasteiger partial charge in [0, 0.05) is 5.92 Å². The van der Waals surface area contributed by atoms with E-state index < -0.39 is 17.8 Å². The predicted octanol–water partition coefficient (Wildman–Crippen LogP) is -0.320. The first-order valence-corrected chi connectivity index (χ1v) is 5.28. The predicted molar refractivity (Wildman–Crippen MR) is 53.5 cm³/mol. The SMILES string of the molecule is CC1OC1/C=C/C(=O)C1C(=O)OCC1CO. The van der Waals surface area contributed by atoms with E-state index in [4.69, 9.17) is 14.6 Å². The Morgan fingerprint density at radius 2 is 2.31 bits per heavy atom. The first-order chi connectivity index (χ1) is 7.63. The second-order valence-corrected chi connectivity index (χ2v) is 4.12. The van der Waals surface area contributed by atoms with Crippen molar-refractivity contribution in [1.82, 2.24) is 0 Å². The van der Waals surface area contributed by atoms with Crippen LogP contribution in [0.3, 0.4) is 0 Å². The molecule has 0 aromatic heterocycles. The summed E-state index contributed by atoms with van der Waals surface area (Å²) in [6.45, 7) is 1.81. The van der Waals surface area contributed by atoms with Crippen LogP contribution in [0.5, 0.6) is 0 Å². The van der Waals surface area contributed by atoms with E-state index in [0.29, 0.717) is 0 Å². The number of carbonyl (C=O) groups excluding carboxylic acids is 2. The topological polar surface area (TPSA) is 76.1 Å². The number of aliphatic hydroxyl groups is 1. The lowest BCUT2D eigenvalue weighted by Crippen LogP contribution is -2.26. The molecule has 0 bridgehead atoms. The molecule has 5 heteroatoms. The zero-order valence-electron chi connectivity index (χ0n) is 8.96. The van der Waals surface area contributed by atoms with Gasteiger partial charge in [-0.15, -0.1) is 0 Å². The summed E-state index contributed by atoms with van der Waals surface area (Å²) in [6, 6.07) is 0. The maximum absolute atomic E-state index is 11.7. The van der Waals surface area contributed by atoms with Crippen LogP contribution < -0.4 is 0 Å². The van der Waals surface area contributed by atoms with Crippen LogP contribution >= 0.6 is 0 Å². The number of ketones is 1. The van der Waals surface area contributed by atoms with Crippen molar-refractivity contribution in [3.8, 4) is 0 Å². The van der Waals surface area contributed by atoms with Crippen LogP contribution in [0.25, 0.3) is 0 Å². The molecule has 88 valence electrons. The number of ether oxygens (including phenoxy) is 2. The first-order valence-electron chi connectivity index (χ1n) is 5.28. The molecule has 2 heterocycles. The second kappa shape index (κ2) is 4.35. The molecule has 4 unspecified atom stereocenters. The average Bonchev–Trinajstić information content (AvgIpc) is 2.83. The zero-order valence-corrected chi connectivity index (χ0v) is 8.96. The monoisotopic (exact) mass is 226 g/mol. The van der Waals surface area contributed by atoms with Crippen molar-refractivity contribution in [2.45, 2.75) is 19.1 Å². The minimum atomic E-state index is -0.852. The van der Waals surface area contributed by atoms with Gasteiger partial charge in [-0.2, -0.15) is 0 Å². The van der Waals surface area contributed by atoms with Gasteiger partial charge in [-0.05, 0) is 19.1 Å². The van der Waals surface area contributed by atoms with Gasteiger partial charge in [-0.1, -0.05) is 0 Å². The number of aliphatic hydroxyl groups excluding tert-OH is 1. The summed E-state index contributed by atoms with van der Waals surface area (Å²) in [5.74, 6) is -2.12. The highest BCUT2D eigenvalue weighted by atomic mass is 16.6. The van der Waals surface area contributed by atoms with E-state index in [2.05, 4.69) is 0 Å². The number of rotatable bonds is 4. The number of carbonyl (C=O) groups is 2. The summed E-state index contributed by atoms with van der Waals surface area (Å²) in [5, 5.41) is 9.00. The van der Waals surface area contributed by atoms with Crippen LogP contribution in [0.15, 0.2) is 12.2 Å². The maximum atomic E-state index is 11.7. The number of hydrogen-bond acceptors (Lipinski definition) is 5. The molecule has 0 saturated carbocycles. The van der Waals surface area contributed by atoms with Gasteiger partial charge in [0.2, 0.25) is 0 Å². The Morgan fingerprint density at radius 3 is 2.88 bits per heavy atom. The van der Waals surface area contributed by atoms with Crippen molar-refractivity contribution in [3.05, 3.63) is 12.2 Å². The van der Waals surface area contributed by atoms with E-state index in [1.807, 2.05) is 6.92 Å². The quantitative estimate of drug-likeness (QED) is 0.308. The summed E-state index contributed by atoms with van der Waals surface area (Å²) in [6.07, 6.45) is 3.13. The number of esters is 1. The lowest BCUT2D eigenvalue weighted by atomic mass is 9.91. The molecule has 0 aromatic rings. The highest BCUT2D eigenvalue weighted by Crippen LogP contribution is 2.25. The van der Waals surface area contributed by atoms with Crippen molar-refractivity contribution < 1.29 is 24.2 Å². The molecule has 5 nitrogen and oxygen atoms in total. The fraction of sp³-hybridized carbons (Fsp3) is 0.636. The normalized spacial score (nSPS) is 37.8. The van der Waals surface area contributed by atoms with Crippen molar-refractivity contribution in [2.75, 3.05) is 13.2 Å². The Bertz CT molecular complexity index is 335. The standard InChI is InChI=1S/C11H14O5/c1-6-9(16-6)3-2-8(13)10-7(4-12)5-15-11(10)14/h2-3,6-7,9-10,12H,4-5H2,1H3/b3-2+. The van der Waals surface area contributed by atoms with Gasteiger partial charge in [0.15, 0.2) is 5.78 Å². The molecule has 0 amide bonds. The molecule has 4 atom stereocenters. The summed E-state index contributed by atoms with van der Waals surface area (Å²) in [5.41, 5.74) is 0. The fourth-order valence-corrected chi connectivity index (χ4v) is 1.77. The van der Waals surface area contributed by atoms with Crippen molar-refractivity contribution in [3.63, 3.8) is 0 Å². The molecule has 0 aromatic carbocycles. The average molecular weight is 226 g/mol. The van der Waals surface area contributed by atoms with Crippen molar-refractivity contribution in [1.29, 1.82) is 0 Å². The van der Waals surface area contributed by atoms with E-state index in [1.165, 1.54) is 6.08 Å². The van der Waals surface area contributed by atoms with Gasteiger partial charge in [-0.25, -0.2) is 0 Å². The molecule has 2 rings (SSSR count). The Kier molecular flexibility index (Phi) is 3.07. The van der Waals surface area contributed by atoms with Crippen LogP contribution in [0.4, 0.5) is 0 Å². The minimum absolute atomic E-state index is 0.0195. The highest BCUT2D eigenvalue weighted by Gasteiger charge is 2.41. The highest BCUT2D eigenvalue weighted by molar-refractivity contribution is 6.06. The smallest absolute Gasteiger partial charge is 0.317 e. The van der Waals surface area contributed by atoms with Gasteiger partial charge >= 0.3 is 5.97 Å². The molecule has 16 heavy (non-hydrogen) atoms. The molecule has 0 aliphatic carbocycles. The van der Waals surface area contributed by atoms with Crippen LogP contribution in [-0.4, -0.2) is 42.3 Å². The van der Waals surface area contributed by atoms with Gasteiger partial charge in [0.1, 0.15) is 12.0 Å². The van der Waals surface area contributed by atoms with Crippen LogP contribution in [-0.2, 0) is 19.1 Å². The molecule has 2 saturated heterocycles. The number of allylic oxidation sites excluding steroid dienone is 1. The fourth-order valence-electron chi connectivity index (χ4n) is 1.77. The Balaban J connectivity index is 1.97. The molecule has 2 aliphatic heterocycles. The van der Waals surface area contributed by atoms with Gasteiger partial charge < -0.3 is 14.6 Å². The van der Waals surface area contributed by atoms with Crippen molar-refractivity contribution >= 4 is 11.8 Å². The summed E-state index contributed by atoms with van der Waals surface area (Å²) in [4.78, 5) is 23.0. The Labute approximate surface area is 93.0 Å². The Morgan fingerprint density at radius 1 is 1.62 bits per heavy atom. The Hall–Kier alpha value is -1.20. The van der Waals surface area contributed by atoms with E-state index in [9.17, 15) is 9.59 Å². The molecule has 0 radical (unpaired) electrons. The van der Waals surface area contributed by atoms with E-state index >= 15 is 0 Å². The van der Waals surface area contributed by atoms with Gasteiger partial charge in [0.05, 0.1) is 19.3 Å². The minimum Gasteiger partial charge on any atom is -0.465 e. The van der Waals surface area contributed by atoms with Gasteiger partial charge in [-0.3, -0.25) is 9.59 Å². The van der Waals surface area contributed by atoms with Crippen LogP contribution in [0, 0.1) is 11.8 Å². The molecular weight excluding hydrogens is 212 g/mol. The summed E-state index contributed by atoms with van der Waals surface area (Å²) >= 11 is 0. The lowest BCUT2D eigenvalue weighted by molar-refractivity contribution is -0.143. The molecule has 0 spiro atoms. The number of epoxide rings is 1. The largest absolute Gasteiger partial charge is 0.465 e. The van der Waals surface area contributed by atoms with Crippen molar-refractivity contribution in [2.24, 2.45) is 11.8 Å².